The summed E-state index contributed by atoms with van der Waals surface area (Å²) < 4.78 is 53.5. The second kappa shape index (κ2) is 9.32. The number of carbonyl (C=O) groups excluding carboxylic acids is 1. The van der Waals surface area contributed by atoms with Crippen molar-refractivity contribution in [3.8, 4) is 17.2 Å². The van der Waals surface area contributed by atoms with Crippen molar-refractivity contribution in [1.29, 1.82) is 0 Å². The van der Waals surface area contributed by atoms with Crippen molar-refractivity contribution in [2.45, 2.75) is 13.1 Å². The lowest BCUT2D eigenvalue weighted by atomic mass is 10.2. The normalized spacial score (nSPS) is 11.4. The smallest absolute Gasteiger partial charge is 0.416 e. The molecule has 0 aromatic heterocycles. The first kappa shape index (κ1) is 20.6. The zero-order valence-electron chi connectivity index (χ0n) is 14.3. The molecule has 0 aliphatic rings. The van der Waals surface area contributed by atoms with Crippen LogP contribution in [0.15, 0.2) is 54.6 Å². The van der Waals surface area contributed by atoms with E-state index in [4.69, 9.17) is 25.8 Å². The summed E-state index contributed by atoms with van der Waals surface area (Å²) in [5.74, 6) is 0.564. The van der Waals surface area contributed by atoms with Crippen LogP contribution in [0.25, 0.3) is 0 Å². The Morgan fingerprint density at radius 2 is 1.78 bits per heavy atom. The molecule has 144 valence electrons. The Labute approximate surface area is 159 Å². The van der Waals surface area contributed by atoms with E-state index in [2.05, 4.69) is 0 Å². The summed E-state index contributed by atoms with van der Waals surface area (Å²) in [6.07, 6.45) is -1.68. The lowest BCUT2D eigenvalue weighted by Crippen LogP contribution is -2.04. The van der Waals surface area contributed by atoms with Crippen molar-refractivity contribution >= 4 is 17.6 Å². The Bertz CT molecular complexity index is 802. The molecule has 0 spiro atoms. The molecular weight excluding hydrogens is 385 g/mol. The minimum Gasteiger partial charge on any atom is -0.490 e. The highest BCUT2D eigenvalue weighted by Crippen LogP contribution is 2.36. The number of alkyl halides is 3. The molecule has 0 heterocycles. The van der Waals surface area contributed by atoms with Crippen molar-refractivity contribution in [3.05, 3.63) is 65.2 Å². The molecule has 0 amide bonds. The first-order valence-corrected chi connectivity index (χ1v) is 8.28. The third-order valence-electron chi connectivity index (χ3n) is 3.20. The Balaban J connectivity index is 1.93. The fourth-order valence-corrected chi connectivity index (χ4v) is 2.19. The van der Waals surface area contributed by atoms with E-state index in [1.807, 2.05) is 0 Å². The number of hydrogen-bond acceptors (Lipinski definition) is 4. The van der Waals surface area contributed by atoms with E-state index in [0.717, 1.165) is 18.2 Å². The topological polar surface area (TPSA) is 44.8 Å². The Morgan fingerprint density at radius 3 is 2.37 bits per heavy atom. The number of carbonyl (C=O) groups is 1. The van der Waals surface area contributed by atoms with Gasteiger partial charge >= 0.3 is 12.1 Å². The zero-order valence-corrected chi connectivity index (χ0v) is 15.0. The molecule has 0 fully saturated rings. The van der Waals surface area contributed by atoms with Crippen LogP contribution in [-0.4, -0.2) is 19.2 Å². The predicted octanol–water partition coefficient (Wildman–Crippen LogP) is 5.65. The molecule has 0 bridgehead atoms. The quantitative estimate of drug-likeness (QED) is 0.445. The molecule has 0 unspecified atom stereocenters. The summed E-state index contributed by atoms with van der Waals surface area (Å²) in [7, 11) is 0. The van der Waals surface area contributed by atoms with Crippen LogP contribution in [0.5, 0.6) is 17.2 Å². The fraction of sp³-hybridized carbons (Fsp3) is 0.211. The highest BCUT2D eigenvalue weighted by molar-refractivity contribution is 6.32. The van der Waals surface area contributed by atoms with E-state index >= 15 is 0 Å². The molecule has 2 rings (SSSR count). The number of benzene rings is 2. The maximum absolute atomic E-state index is 12.6. The minimum atomic E-state index is -4.47. The maximum Gasteiger partial charge on any atom is 0.416 e. The molecule has 0 saturated heterocycles. The van der Waals surface area contributed by atoms with Crippen LogP contribution in [-0.2, 0) is 15.7 Å². The number of rotatable bonds is 7. The van der Waals surface area contributed by atoms with Gasteiger partial charge in [-0.1, -0.05) is 11.6 Å². The van der Waals surface area contributed by atoms with Crippen LogP contribution in [0.1, 0.15) is 12.5 Å². The lowest BCUT2D eigenvalue weighted by molar-refractivity contribution is -0.138. The largest absolute Gasteiger partial charge is 0.490 e. The molecule has 0 saturated carbocycles. The molecule has 2 aromatic rings. The first-order chi connectivity index (χ1) is 12.8. The van der Waals surface area contributed by atoms with Crippen molar-refractivity contribution in [2.24, 2.45) is 0 Å². The van der Waals surface area contributed by atoms with Gasteiger partial charge in [-0.05, 0) is 55.5 Å². The Morgan fingerprint density at radius 1 is 1.11 bits per heavy atom. The van der Waals surface area contributed by atoms with Crippen LogP contribution in [0.2, 0.25) is 5.02 Å². The summed E-state index contributed by atoms with van der Waals surface area (Å²) in [6.45, 7) is 2.18. The number of halogens is 4. The summed E-state index contributed by atoms with van der Waals surface area (Å²) >= 11 is 5.85. The number of ether oxygens (including phenoxy) is 3. The molecule has 8 heteroatoms. The van der Waals surface area contributed by atoms with Crippen LogP contribution in [0.4, 0.5) is 13.2 Å². The van der Waals surface area contributed by atoms with Gasteiger partial charge < -0.3 is 14.2 Å². The van der Waals surface area contributed by atoms with Crippen LogP contribution in [0, 0.1) is 0 Å². The van der Waals surface area contributed by atoms with Gasteiger partial charge in [-0.3, -0.25) is 0 Å². The lowest BCUT2D eigenvalue weighted by Gasteiger charge is -2.11. The predicted molar refractivity (Wildman–Crippen MR) is 94.2 cm³/mol. The summed E-state index contributed by atoms with van der Waals surface area (Å²) in [6, 6.07) is 9.27. The molecular formula is C19H16ClF3O4. The first-order valence-electron chi connectivity index (χ1n) is 7.90. The highest BCUT2D eigenvalue weighted by Gasteiger charge is 2.31. The van der Waals surface area contributed by atoms with E-state index in [1.54, 1.807) is 31.2 Å². The van der Waals surface area contributed by atoms with Gasteiger partial charge in [0.1, 0.15) is 23.9 Å². The number of hydrogen-bond donors (Lipinski definition) is 0. The SMILES string of the molecule is CCOC(=O)C=CCOc1ccc(Oc2ccc(C(F)(F)F)cc2Cl)cc1. The maximum atomic E-state index is 12.6. The molecule has 0 aliphatic heterocycles. The average molecular weight is 401 g/mol. The minimum absolute atomic E-state index is 0.107. The van der Waals surface area contributed by atoms with E-state index in [-0.39, 0.29) is 17.4 Å². The molecule has 0 N–H and O–H groups in total. The Hall–Kier alpha value is -2.67. The van der Waals surface area contributed by atoms with Gasteiger partial charge in [-0.15, -0.1) is 0 Å². The van der Waals surface area contributed by atoms with Gasteiger partial charge in [0.15, 0.2) is 0 Å². The summed E-state index contributed by atoms with van der Waals surface area (Å²) in [4.78, 5) is 11.1. The van der Waals surface area contributed by atoms with Gasteiger partial charge in [0.25, 0.3) is 0 Å². The van der Waals surface area contributed by atoms with Crippen LogP contribution < -0.4 is 9.47 Å². The molecule has 0 radical (unpaired) electrons. The van der Waals surface area contributed by atoms with E-state index in [1.165, 1.54) is 12.2 Å². The van der Waals surface area contributed by atoms with E-state index < -0.39 is 17.7 Å². The molecule has 27 heavy (non-hydrogen) atoms. The average Bonchev–Trinajstić information content (AvgIpc) is 2.61. The van der Waals surface area contributed by atoms with Gasteiger partial charge in [-0.2, -0.15) is 13.2 Å². The standard InChI is InChI=1S/C19H16ClF3O4/c1-2-25-18(24)4-3-11-26-14-6-8-15(9-7-14)27-17-10-5-13(12-16(17)20)19(21,22)23/h3-10,12H,2,11H2,1H3. The van der Waals surface area contributed by atoms with Crippen LogP contribution >= 0.6 is 11.6 Å². The second-order valence-electron chi connectivity index (χ2n) is 5.18. The van der Waals surface area contributed by atoms with Gasteiger partial charge in [0, 0.05) is 6.08 Å². The van der Waals surface area contributed by atoms with Gasteiger partial charge in [0.05, 0.1) is 17.2 Å². The number of esters is 1. The highest BCUT2D eigenvalue weighted by atomic mass is 35.5. The fourth-order valence-electron chi connectivity index (χ4n) is 1.97. The van der Waals surface area contributed by atoms with Crippen molar-refractivity contribution in [3.63, 3.8) is 0 Å². The third-order valence-corrected chi connectivity index (χ3v) is 3.49. The van der Waals surface area contributed by atoms with Crippen LogP contribution in [0.3, 0.4) is 0 Å². The molecule has 2 aromatic carbocycles. The summed E-state index contributed by atoms with van der Waals surface area (Å²) in [5, 5.41) is -0.144. The second-order valence-corrected chi connectivity index (χ2v) is 5.59. The zero-order chi connectivity index (χ0) is 19.9. The van der Waals surface area contributed by atoms with Gasteiger partial charge in [0.2, 0.25) is 0 Å². The molecule has 0 aliphatic carbocycles. The van der Waals surface area contributed by atoms with Crippen molar-refractivity contribution in [1.82, 2.24) is 0 Å². The van der Waals surface area contributed by atoms with E-state index in [0.29, 0.717) is 18.1 Å². The van der Waals surface area contributed by atoms with Crippen molar-refractivity contribution in [2.75, 3.05) is 13.2 Å². The van der Waals surface area contributed by atoms with E-state index in [9.17, 15) is 18.0 Å². The van der Waals surface area contributed by atoms with Gasteiger partial charge in [-0.25, -0.2) is 4.79 Å². The van der Waals surface area contributed by atoms with Crippen molar-refractivity contribution < 1.29 is 32.2 Å². The summed E-state index contributed by atoms with van der Waals surface area (Å²) in [5.41, 5.74) is -0.848. The molecule has 0 atom stereocenters. The third kappa shape index (κ3) is 6.53. The monoisotopic (exact) mass is 400 g/mol. The Kier molecular flexibility index (Phi) is 7.12. The molecule has 4 nitrogen and oxygen atoms in total.